The first-order chi connectivity index (χ1) is 11.6. The van der Waals surface area contributed by atoms with Gasteiger partial charge in [-0.15, -0.1) is 0 Å². The summed E-state index contributed by atoms with van der Waals surface area (Å²) in [6, 6.07) is 6.15. The predicted molar refractivity (Wildman–Crippen MR) is 91.0 cm³/mol. The smallest absolute Gasteiger partial charge is 0.234 e. The van der Waals surface area contributed by atoms with Crippen LogP contribution in [0.15, 0.2) is 24.3 Å². The molecular weight excluding hydrogens is 309 g/mol. The number of nitrogens with one attached hydrogen (secondary N) is 1. The third-order valence-corrected chi connectivity index (χ3v) is 4.19. The van der Waals surface area contributed by atoms with Gasteiger partial charge in [-0.05, 0) is 24.1 Å². The normalized spacial score (nSPS) is 15.3. The SMILES string of the molecule is CCCCNC(=O)CN1CCN(C(=O)Cc2cccc(F)c2)CC1. The minimum Gasteiger partial charge on any atom is -0.355 e. The minimum atomic E-state index is -0.320. The van der Waals surface area contributed by atoms with E-state index in [0.29, 0.717) is 38.3 Å². The Balaban J connectivity index is 1.72. The first-order valence-electron chi connectivity index (χ1n) is 8.59. The van der Waals surface area contributed by atoms with Gasteiger partial charge in [0.05, 0.1) is 13.0 Å². The second-order valence-electron chi connectivity index (χ2n) is 6.17. The van der Waals surface area contributed by atoms with Crippen molar-refractivity contribution in [1.29, 1.82) is 0 Å². The van der Waals surface area contributed by atoms with E-state index in [9.17, 15) is 14.0 Å². The maximum absolute atomic E-state index is 13.2. The fraction of sp³-hybridized carbons (Fsp3) is 0.556. The summed E-state index contributed by atoms with van der Waals surface area (Å²) in [5.41, 5.74) is 0.692. The molecule has 0 aromatic heterocycles. The Kier molecular flexibility index (Phi) is 7.18. The van der Waals surface area contributed by atoms with Gasteiger partial charge in [-0.25, -0.2) is 4.39 Å². The standard InChI is InChI=1S/C18H26FN3O2/c1-2-3-7-20-17(23)14-21-8-10-22(11-9-21)18(24)13-15-5-4-6-16(19)12-15/h4-6,12H,2-3,7-11,13-14H2,1H3,(H,20,23). The Labute approximate surface area is 142 Å². The molecule has 0 spiro atoms. The summed E-state index contributed by atoms with van der Waals surface area (Å²) >= 11 is 0. The summed E-state index contributed by atoms with van der Waals surface area (Å²) in [5, 5.41) is 2.91. The molecule has 0 radical (unpaired) electrons. The van der Waals surface area contributed by atoms with Crippen LogP contribution in [0, 0.1) is 5.82 Å². The lowest BCUT2D eigenvalue weighted by Crippen LogP contribution is -2.51. The number of rotatable bonds is 7. The van der Waals surface area contributed by atoms with Gasteiger partial charge in [-0.3, -0.25) is 14.5 Å². The molecule has 1 aromatic rings. The highest BCUT2D eigenvalue weighted by atomic mass is 19.1. The minimum absolute atomic E-state index is 0.00708. The highest BCUT2D eigenvalue weighted by Gasteiger charge is 2.22. The summed E-state index contributed by atoms with van der Waals surface area (Å²) in [6.07, 6.45) is 2.27. The van der Waals surface area contributed by atoms with Gasteiger partial charge >= 0.3 is 0 Å². The van der Waals surface area contributed by atoms with Crippen LogP contribution in [0.2, 0.25) is 0 Å². The van der Waals surface area contributed by atoms with E-state index in [2.05, 4.69) is 17.1 Å². The molecule has 0 atom stereocenters. The molecule has 1 heterocycles. The van der Waals surface area contributed by atoms with Crippen molar-refractivity contribution >= 4 is 11.8 Å². The van der Waals surface area contributed by atoms with Gasteiger partial charge in [0.1, 0.15) is 5.82 Å². The number of unbranched alkanes of at least 4 members (excludes halogenated alkanes) is 1. The fourth-order valence-electron chi connectivity index (χ4n) is 2.75. The molecule has 1 N–H and O–H groups in total. The molecule has 0 bridgehead atoms. The molecule has 6 heteroatoms. The van der Waals surface area contributed by atoms with Crippen LogP contribution in [0.4, 0.5) is 4.39 Å². The maximum Gasteiger partial charge on any atom is 0.234 e. The van der Waals surface area contributed by atoms with E-state index in [0.717, 1.165) is 19.4 Å². The molecule has 24 heavy (non-hydrogen) atoms. The second-order valence-corrected chi connectivity index (χ2v) is 6.17. The number of benzene rings is 1. The van der Waals surface area contributed by atoms with Crippen LogP contribution >= 0.6 is 0 Å². The van der Waals surface area contributed by atoms with Gasteiger partial charge in [0.15, 0.2) is 0 Å². The first kappa shape index (κ1) is 18.4. The lowest BCUT2D eigenvalue weighted by molar-refractivity contribution is -0.132. The van der Waals surface area contributed by atoms with Crippen molar-refractivity contribution in [2.75, 3.05) is 39.3 Å². The van der Waals surface area contributed by atoms with Gasteiger partial charge in [0.25, 0.3) is 0 Å². The molecule has 2 rings (SSSR count). The third kappa shape index (κ3) is 5.92. The van der Waals surface area contributed by atoms with E-state index >= 15 is 0 Å². The Morgan fingerprint density at radius 2 is 1.96 bits per heavy atom. The van der Waals surface area contributed by atoms with Crippen molar-refractivity contribution < 1.29 is 14.0 Å². The Bertz CT molecular complexity index is 557. The van der Waals surface area contributed by atoms with Crippen LogP contribution in [0.25, 0.3) is 0 Å². The highest BCUT2D eigenvalue weighted by molar-refractivity contribution is 5.79. The molecule has 1 aliphatic heterocycles. The zero-order valence-corrected chi connectivity index (χ0v) is 14.3. The van der Waals surface area contributed by atoms with E-state index < -0.39 is 0 Å². The Morgan fingerprint density at radius 3 is 2.62 bits per heavy atom. The zero-order valence-electron chi connectivity index (χ0n) is 14.3. The molecule has 1 aliphatic rings. The number of amides is 2. The van der Waals surface area contributed by atoms with Gasteiger partial charge in [0.2, 0.25) is 11.8 Å². The highest BCUT2D eigenvalue weighted by Crippen LogP contribution is 2.08. The number of nitrogens with zero attached hydrogens (tertiary/aromatic N) is 2. The van der Waals surface area contributed by atoms with Crippen LogP contribution in [-0.2, 0) is 16.0 Å². The summed E-state index contributed by atoms with van der Waals surface area (Å²) in [5.74, 6) is -0.269. The number of carbonyl (C=O) groups is 2. The van der Waals surface area contributed by atoms with Crippen molar-refractivity contribution in [3.8, 4) is 0 Å². The average molecular weight is 335 g/mol. The van der Waals surface area contributed by atoms with Gasteiger partial charge in [0, 0.05) is 32.7 Å². The first-order valence-corrected chi connectivity index (χ1v) is 8.59. The van der Waals surface area contributed by atoms with E-state index in [-0.39, 0.29) is 24.1 Å². The largest absolute Gasteiger partial charge is 0.355 e. The van der Waals surface area contributed by atoms with Crippen LogP contribution in [0.5, 0.6) is 0 Å². The lowest BCUT2D eigenvalue weighted by Gasteiger charge is -2.34. The zero-order chi connectivity index (χ0) is 17.4. The fourth-order valence-corrected chi connectivity index (χ4v) is 2.75. The topological polar surface area (TPSA) is 52.7 Å². The molecule has 132 valence electrons. The molecule has 1 saturated heterocycles. The lowest BCUT2D eigenvalue weighted by atomic mass is 10.1. The van der Waals surface area contributed by atoms with Crippen LogP contribution < -0.4 is 5.32 Å². The summed E-state index contributed by atoms with van der Waals surface area (Å²) < 4.78 is 13.2. The van der Waals surface area contributed by atoms with Gasteiger partial charge in [-0.2, -0.15) is 0 Å². The third-order valence-electron chi connectivity index (χ3n) is 4.19. The van der Waals surface area contributed by atoms with Crippen molar-refractivity contribution in [1.82, 2.24) is 15.1 Å². The quantitative estimate of drug-likeness (QED) is 0.767. The van der Waals surface area contributed by atoms with Gasteiger partial charge < -0.3 is 10.2 Å². The van der Waals surface area contributed by atoms with Crippen molar-refractivity contribution in [2.45, 2.75) is 26.2 Å². The predicted octanol–water partition coefficient (Wildman–Crippen LogP) is 1.43. The molecule has 1 fully saturated rings. The Hall–Kier alpha value is -1.95. The number of hydrogen-bond acceptors (Lipinski definition) is 3. The van der Waals surface area contributed by atoms with Crippen molar-refractivity contribution in [3.63, 3.8) is 0 Å². The van der Waals surface area contributed by atoms with Crippen LogP contribution in [0.1, 0.15) is 25.3 Å². The van der Waals surface area contributed by atoms with Crippen molar-refractivity contribution in [3.05, 3.63) is 35.6 Å². The molecule has 0 aliphatic carbocycles. The maximum atomic E-state index is 13.2. The van der Waals surface area contributed by atoms with Crippen LogP contribution in [-0.4, -0.2) is 60.9 Å². The number of hydrogen-bond donors (Lipinski definition) is 1. The summed E-state index contributed by atoms with van der Waals surface area (Å²) in [4.78, 5) is 27.9. The number of halogens is 1. The average Bonchev–Trinajstić information content (AvgIpc) is 2.55. The molecule has 0 saturated carbocycles. The van der Waals surface area contributed by atoms with E-state index in [4.69, 9.17) is 0 Å². The van der Waals surface area contributed by atoms with E-state index in [1.807, 2.05) is 0 Å². The number of carbonyl (C=O) groups excluding carboxylic acids is 2. The molecular formula is C18H26FN3O2. The van der Waals surface area contributed by atoms with E-state index in [1.54, 1.807) is 17.0 Å². The Morgan fingerprint density at radius 1 is 1.21 bits per heavy atom. The molecule has 2 amide bonds. The van der Waals surface area contributed by atoms with Crippen molar-refractivity contribution in [2.24, 2.45) is 0 Å². The van der Waals surface area contributed by atoms with Gasteiger partial charge in [-0.1, -0.05) is 25.5 Å². The molecule has 1 aromatic carbocycles. The summed E-state index contributed by atoms with van der Waals surface area (Å²) in [6.45, 7) is 5.79. The molecule has 0 unspecified atom stereocenters. The second kappa shape index (κ2) is 9.37. The number of piperazine rings is 1. The summed E-state index contributed by atoms with van der Waals surface area (Å²) in [7, 11) is 0. The monoisotopic (exact) mass is 335 g/mol. The van der Waals surface area contributed by atoms with Crippen LogP contribution in [0.3, 0.4) is 0 Å². The van der Waals surface area contributed by atoms with E-state index in [1.165, 1.54) is 12.1 Å². The molecule has 5 nitrogen and oxygen atoms in total.